The summed E-state index contributed by atoms with van der Waals surface area (Å²) in [5, 5.41) is 17.1. The van der Waals surface area contributed by atoms with Gasteiger partial charge in [0.05, 0.1) is 0 Å². The van der Waals surface area contributed by atoms with Crippen molar-refractivity contribution in [2.45, 2.75) is 26.7 Å². The molecule has 0 amide bonds. The molecule has 0 fully saturated rings. The number of carbonyl (C=O) groups is 1. The van der Waals surface area contributed by atoms with Crippen LogP contribution < -0.4 is 0 Å². The summed E-state index contributed by atoms with van der Waals surface area (Å²) in [7, 11) is 0. The van der Waals surface area contributed by atoms with Gasteiger partial charge in [0.25, 0.3) is 0 Å². The van der Waals surface area contributed by atoms with Crippen LogP contribution in [0.2, 0.25) is 0 Å². The van der Waals surface area contributed by atoms with Crippen molar-refractivity contribution in [3.05, 3.63) is 16.1 Å². The fourth-order valence-corrected chi connectivity index (χ4v) is 2.68. The zero-order chi connectivity index (χ0) is 11.2. The monoisotopic (exact) mass is 224 g/mol. The first-order chi connectivity index (χ1) is 7.02. The molecule has 2 rings (SSSR count). The second-order valence-electron chi connectivity index (χ2n) is 3.83. The van der Waals surface area contributed by atoms with Crippen LogP contribution in [0.15, 0.2) is 0 Å². The number of nitrogens with one attached hydrogen (secondary N) is 1. The summed E-state index contributed by atoms with van der Waals surface area (Å²) in [5.41, 5.74) is 1.84. The zero-order valence-corrected chi connectivity index (χ0v) is 9.60. The molecule has 0 radical (unpaired) electrons. The lowest BCUT2D eigenvalue weighted by Crippen LogP contribution is -1.95. The molecule has 5 heteroatoms. The van der Waals surface area contributed by atoms with Gasteiger partial charge in [0.15, 0.2) is 0 Å². The van der Waals surface area contributed by atoms with E-state index < -0.39 is 5.97 Å². The van der Waals surface area contributed by atoms with Gasteiger partial charge in [-0.2, -0.15) is 5.10 Å². The summed E-state index contributed by atoms with van der Waals surface area (Å²) in [6, 6.07) is 0. The Kier molecular flexibility index (Phi) is 2.26. The van der Waals surface area contributed by atoms with E-state index in [9.17, 15) is 4.79 Å². The molecule has 15 heavy (non-hydrogen) atoms. The van der Waals surface area contributed by atoms with Crippen molar-refractivity contribution in [3.8, 4) is 0 Å². The van der Waals surface area contributed by atoms with Crippen LogP contribution in [0.5, 0.6) is 0 Å². The highest BCUT2D eigenvalue weighted by molar-refractivity contribution is 7.20. The van der Waals surface area contributed by atoms with E-state index in [1.807, 2.05) is 6.92 Å². The molecule has 2 N–H and O–H groups in total. The minimum Gasteiger partial charge on any atom is -0.477 e. The van der Waals surface area contributed by atoms with Gasteiger partial charge in [-0.05, 0) is 18.4 Å². The lowest BCUT2D eigenvalue weighted by Gasteiger charge is -2.01. The lowest BCUT2D eigenvalue weighted by molar-refractivity contribution is 0.0701. The summed E-state index contributed by atoms with van der Waals surface area (Å²) in [4.78, 5) is 12.1. The molecule has 0 unspecified atom stereocenters. The van der Waals surface area contributed by atoms with E-state index in [0.29, 0.717) is 10.8 Å². The molecule has 0 saturated heterocycles. The molecule has 4 nitrogen and oxygen atoms in total. The topological polar surface area (TPSA) is 66.0 Å². The van der Waals surface area contributed by atoms with E-state index in [1.54, 1.807) is 0 Å². The number of H-pyrrole nitrogens is 1. The van der Waals surface area contributed by atoms with Gasteiger partial charge < -0.3 is 5.11 Å². The van der Waals surface area contributed by atoms with E-state index in [-0.39, 0.29) is 0 Å². The van der Waals surface area contributed by atoms with Crippen LogP contribution in [-0.2, 0) is 0 Å². The number of hydrogen-bond acceptors (Lipinski definition) is 3. The van der Waals surface area contributed by atoms with Crippen LogP contribution in [0.4, 0.5) is 0 Å². The molecule has 2 heterocycles. The smallest absolute Gasteiger partial charge is 0.346 e. The van der Waals surface area contributed by atoms with E-state index in [2.05, 4.69) is 24.0 Å². The summed E-state index contributed by atoms with van der Waals surface area (Å²) in [6.07, 6.45) is 0. The summed E-state index contributed by atoms with van der Waals surface area (Å²) >= 11 is 1.23. The predicted molar refractivity (Wildman–Crippen MR) is 59.8 cm³/mol. The summed E-state index contributed by atoms with van der Waals surface area (Å²) < 4.78 is 0. The van der Waals surface area contributed by atoms with Gasteiger partial charge >= 0.3 is 5.97 Å². The van der Waals surface area contributed by atoms with Crippen molar-refractivity contribution in [1.82, 2.24) is 10.2 Å². The van der Waals surface area contributed by atoms with Crippen molar-refractivity contribution >= 4 is 27.5 Å². The van der Waals surface area contributed by atoms with Gasteiger partial charge in [0.1, 0.15) is 9.71 Å². The maximum absolute atomic E-state index is 10.9. The Balaban J connectivity index is 2.74. The number of aromatic amines is 1. The average Bonchev–Trinajstić information content (AvgIpc) is 2.66. The van der Waals surface area contributed by atoms with Gasteiger partial charge in [-0.15, -0.1) is 11.3 Å². The molecular formula is C10H12N2O2S. The fourth-order valence-electron chi connectivity index (χ4n) is 1.68. The van der Waals surface area contributed by atoms with E-state index in [1.165, 1.54) is 11.3 Å². The lowest BCUT2D eigenvalue weighted by atomic mass is 10.1. The summed E-state index contributed by atoms with van der Waals surface area (Å²) in [6.45, 7) is 5.96. The van der Waals surface area contributed by atoms with Crippen LogP contribution in [0.25, 0.3) is 10.2 Å². The van der Waals surface area contributed by atoms with Crippen LogP contribution >= 0.6 is 11.3 Å². The molecule has 0 bridgehead atoms. The predicted octanol–water partition coefficient (Wildman–Crippen LogP) is 2.75. The molecular weight excluding hydrogens is 212 g/mol. The number of thiophene rings is 1. The molecule has 0 aliphatic heterocycles. The molecule has 0 atom stereocenters. The number of fused-ring (bicyclic) bond motifs is 1. The zero-order valence-electron chi connectivity index (χ0n) is 8.79. The van der Waals surface area contributed by atoms with Gasteiger partial charge in [-0.1, -0.05) is 13.8 Å². The van der Waals surface area contributed by atoms with Crippen LogP contribution in [0.1, 0.15) is 40.7 Å². The number of carboxylic acid groups (broad SMARTS) is 1. The number of nitrogens with zero attached hydrogens (tertiary/aromatic N) is 1. The highest BCUT2D eigenvalue weighted by Gasteiger charge is 2.20. The second kappa shape index (κ2) is 3.34. The van der Waals surface area contributed by atoms with Crippen LogP contribution in [0.3, 0.4) is 0 Å². The van der Waals surface area contributed by atoms with Crippen molar-refractivity contribution in [3.63, 3.8) is 0 Å². The van der Waals surface area contributed by atoms with Crippen LogP contribution in [-0.4, -0.2) is 21.3 Å². The standard InChI is InChI=1S/C10H12N2O2S/c1-4(2)7-6-5(3)8(10(13)14)15-9(6)12-11-7/h4H,1-3H3,(H,11,12)(H,13,14). The van der Waals surface area contributed by atoms with E-state index >= 15 is 0 Å². The summed E-state index contributed by atoms with van der Waals surface area (Å²) in [5.74, 6) is -0.546. The van der Waals surface area contributed by atoms with Crippen molar-refractivity contribution < 1.29 is 9.90 Å². The Morgan fingerprint density at radius 2 is 2.20 bits per heavy atom. The van der Waals surface area contributed by atoms with E-state index in [0.717, 1.165) is 21.5 Å². The third-order valence-corrected chi connectivity index (χ3v) is 3.62. The number of hydrogen-bond donors (Lipinski definition) is 2. The Morgan fingerprint density at radius 1 is 1.53 bits per heavy atom. The molecule has 0 spiro atoms. The Hall–Kier alpha value is -1.36. The minimum atomic E-state index is -0.870. The van der Waals surface area contributed by atoms with Crippen molar-refractivity contribution in [2.24, 2.45) is 0 Å². The SMILES string of the molecule is Cc1c(C(=O)O)sc2n[nH]c(C(C)C)c12. The van der Waals surface area contributed by atoms with Gasteiger partial charge in [0.2, 0.25) is 0 Å². The fraction of sp³-hybridized carbons (Fsp3) is 0.400. The highest BCUT2D eigenvalue weighted by Crippen LogP contribution is 2.34. The number of aryl methyl sites for hydroxylation is 1. The van der Waals surface area contributed by atoms with Gasteiger partial charge in [-0.3, -0.25) is 5.10 Å². The Bertz CT molecular complexity index is 525. The molecule has 0 aliphatic carbocycles. The average molecular weight is 224 g/mol. The first-order valence-electron chi connectivity index (χ1n) is 4.73. The first kappa shape index (κ1) is 10.2. The third-order valence-electron chi connectivity index (χ3n) is 2.45. The molecule has 0 aromatic carbocycles. The Labute approximate surface area is 90.9 Å². The first-order valence-corrected chi connectivity index (χ1v) is 5.54. The molecule has 0 aliphatic rings. The molecule has 2 aromatic heterocycles. The van der Waals surface area contributed by atoms with Crippen molar-refractivity contribution in [2.75, 3.05) is 0 Å². The number of aromatic nitrogens is 2. The molecule has 0 saturated carbocycles. The normalized spacial score (nSPS) is 11.5. The number of aromatic carboxylic acids is 1. The largest absolute Gasteiger partial charge is 0.477 e. The third kappa shape index (κ3) is 1.43. The minimum absolute atomic E-state index is 0.324. The molecule has 80 valence electrons. The quantitative estimate of drug-likeness (QED) is 0.824. The second-order valence-corrected chi connectivity index (χ2v) is 4.83. The van der Waals surface area contributed by atoms with Gasteiger partial charge in [0, 0.05) is 11.1 Å². The molecule has 2 aromatic rings. The van der Waals surface area contributed by atoms with Crippen molar-refractivity contribution in [1.29, 1.82) is 0 Å². The number of rotatable bonds is 2. The maximum atomic E-state index is 10.9. The highest BCUT2D eigenvalue weighted by atomic mass is 32.1. The van der Waals surface area contributed by atoms with Gasteiger partial charge in [-0.25, -0.2) is 4.79 Å². The number of carboxylic acids is 1. The van der Waals surface area contributed by atoms with E-state index in [4.69, 9.17) is 5.11 Å². The van der Waals surface area contributed by atoms with Crippen LogP contribution in [0, 0.1) is 6.92 Å². The Morgan fingerprint density at radius 3 is 2.73 bits per heavy atom. The maximum Gasteiger partial charge on any atom is 0.346 e.